The van der Waals surface area contributed by atoms with Crippen molar-refractivity contribution in [2.24, 2.45) is 0 Å². The summed E-state index contributed by atoms with van der Waals surface area (Å²) in [7, 11) is 3.71. The number of amides is 1. The summed E-state index contributed by atoms with van der Waals surface area (Å²) in [6.45, 7) is 7.10. The molecule has 0 bridgehead atoms. The third kappa shape index (κ3) is 3.37. The Balaban J connectivity index is 1.49. The molecule has 5 heteroatoms. The van der Waals surface area contributed by atoms with E-state index in [4.69, 9.17) is 4.52 Å². The van der Waals surface area contributed by atoms with Crippen LogP contribution in [0.4, 0.5) is 0 Å². The van der Waals surface area contributed by atoms with Gasteiger partial charge in [0.15, 0.2) is 0 Å². The first-order valence-corrected chi connectivity index (χ1v) is 10.3. The van der Waals surface area contributed by atoms with Crippen molar-refractivity contribution in [2.75, 3.05) is 27.2 Å². The highest BCUT2D eigenvalue weighted by Crippen LogP contribution is 2.52. The fraction of sp³-hybridized carbons (Fsp3) is 0.565. The molecule has 28 heavy (non-hydrogen) atoms. The zero-order chi connectivity index (χ0) is 19.9. The Bertz CT molecular complexity index is 843. The van der Waals surface area contributed by atoms with Crippen LogP contribution >= 0.6 is 0 Å². The average molecular weight is 382 g/mol. The number of fused-ring (bicyclic) bond motifs is 2. The maximum absolute atomic E-state index is 12.4. The molecule has 1 spiro atoms. The van der Waals surface area contributed by atoms with E-state index in [-0.39, 0.29) is 11.3 Å². The number of rotatable bonds is 4. The fourth-order valence-electron chi connectivity index (χ4n) is 5.17. The minimum absolute atomic E-state index is 0.225. The van der Waals surface area contributed by atoms with E-state index in [1.54, 1.807) is 4.90 Å². The molecule has 1 aliphatic carbocycles. The summed E-state index contributed by atoms with van der Waals surface area (Å²) in [4.78, 5) is 16.6. The molecule has 1 amide bonds. The summed E-state index contributed by atoms with van der Waals surface area (Å²) < 4.78 is 5.33. The number of carbonyl (C=O) groups is 1. The highest BCUT2D eigenvalue weighted by Gasteiger charge is 2.45. The zero-order valence-corrected chi connectivity index (χ0v) is 17.5. The van der Waals surface area contributed by atoms with Gasteiger partial charge in [0.2, 0.25) is 5.91 Å². The van der Waals surface area contributed by atoms with Crippen molar-refractivity contribution in [1.82, 2.24) is 15.0 Å². The van der Waals surface area contributed by atoms with Crippen LogP contribution in [0.3, 0.4) is 0 Å². The third-order valence-corrected chi connectivity index (χ3v) is 6.91. The van der Waals surface area contributed by atoms with Gasteiger partial charge in [0.05, 0.1) is 5.69 Å². The Kier molecular flexibility index (Phi) is 5.04. The van der Waals surface area contributed by atoms with Crippen LogP contribution in [0.15, 0.2) is 28.8 Å². The van der Waals surface area contributed by atoms with Gasteiger partial charge in [-0.3, -0.25) is 9.69 Å². The molecule has 0 saturated carbocycles. The molecule has 1 aromatic carbocycles. The summed E-state index contributed by atoms with van der Waals surface area (Å²) in [5.41, 5.74) is 5.35. The predicted octanol–water partition coefficient (Wildman–Crippen LogP) is 3.79. The SMILES string of the molecule is Cc1noc(C)c1CN1CCC2(CC1)C[C@@H](CC(=O)N(C)C)c1ccccc12. The number of nitrogens with zero attached hydrogens (tertiary/aromatic N) is 3. The van der Waals surface area contributed by atoms with Gasteiger partial charge in [0.25, 0.3) is 0 Å². The molecule has 0 radical (unpaired) electrons. The summed E-state index contributed by atoms with van der Waals surface area (Å²) >= 11 is 0. The zero-order valence-electron chi connectivity index (χ0n) is 17.5. The molecule has 1 saturated heterocycles. The molecule has 4 rings (SSSR count). The van der Waals surface area contributed by atoms with Crippen LogP contribution in [0.5, 0.6) is 0 Å². The molecule has 1 aromatic heterocycles. The van der Waals surface area contributed by atoms with Crippen LogP contribution in [-0.2, 0) is 16.8 Å². The van der Waals surface area contributed by atoms with Crippen molar-refractivity contribution in [3.05, 3.63) is 52.4 Å². The molecule has 1 atom stereocenters. The van der Waals surface area contributed by atoms with E-state index in [1.165, 1.54) is 16.7 Å². The number of benzene rings is 1. The first-order valence-electron chi connectivity index (χ1n) is 10.3. The number of piperidine rings is 1. The fourth-order valence-corrected chi connectivity index (χ4v) is 5.17. The molecule has 5 nitrogen and oxygen atoms in total. The van der Waals surface area contributed by atoms with Gasteiger partial charge in [-0.15, -0.1) is 0 Å². The Morgan fingerprint density at radius 3 is 2.61 bits per heavy atom. The van der Waals surface area contributed by atoms with Crippen molar-refractivity contribution in [2.45, 2.75) is 57.4 Å². The van der Waals surface area contributed by atoms with E-state index in [2.05, 4.69) is 34.3 Å². The minimum Gasteiger partial charge on any atom is -0.361 e. The average Bonchev–Trinajstić information content (AvgIpc) is 3.16. The lowest BCUT2D eigenvalue weighted by atomic mass is 9.73. The second-order valence-electron chi connectivity index (χ2n) is 8.84. The Labute approximate surface area is 167 Å². The van der Waals surface area contributed by atoms with E-state index in [9.17, 15) is 4.79 Å². The Morgan fingerprint density at radius 2 is 1.96 bits per heavy atom. The first-order chi connectivity index (χ1) is 13.4. The number of aryl methyl sites for hydroxylation is 2. The van der Waals surface area contributed by atoms with Crippen molar-refractivity contribution < 1.29 is 9.32 Å². The number of hydrogen-bond acceptors (Lipinski definition) is 4. The van der Waals surface area contributed by atoms with Gasteiger partial charge >= 0.3 is 0 Å². The normalized spacial score (nSPS) is 21.1. The molecule has 1 fully saturated rings. The largest absolute Gasteiger partial charge is 0.361 e. The molecule has 2 heterocycles. The van der Waals surface area contributed by atoms with Crippen LogP contribution in [-0.4, -0.2) is 48.0 Å². The number of likely N-dealkylation sites (tertiary alicyclic amines) is 1. The van der Waals surface area contributed by atoms with E-state index in [1.807, 2.05) is 27.9 Å². The first kappa shape index (κ1) is 19.2. The highest BCUT2D eigenvalue weighted by molar-refractivity contribution is 5.77. The van der Waals surface area contributed by atoms with Gasteiger partial charge in [0.1, 0.15) is 5.76 Å². The van der Waals surface area contributed by atoms with Gasteiger partial charge in [-0.05, 0) is 68.7 Å². The van der Waals surface area contributed by atoms with E-state index < -0.39 is 0 Å². The van der Waals surface area contributed by atoms with Crippen LogP contribution < -0.4 is 0 Å². The molecule has 0 N–H and O–H groups in total. The van der Waals surface area contributed by atoms with Gasteiger partial charge in [0, 0.05) is 32.6 Å². The van der Waals surface area contributed by atoms with E-state index in [0.717, 1.165) is 50.4 Å². The standard InChI is InChI=1S/C23H31N3O2/c1-16-20(17(2)28-24-16)15-26-11-9-23(10-12-26)14-18(13-22(27)25(3)4)19-7-5-6-8-21(19)23/h5-8,18H,9-15H2,1-4H3/t18-/m1/s1. The summed E-state index contributed by atoms with van der Waals surface area (Å²) in [5.74, 6) is 1.51. The van der Waals surface area contributed by atoms with Crippen LogP contribution in [0.2, 0.25) is 0 Å². The number of aromatic nitrogens is 1. The molecule has 150 valence electrons. The summed E-state index contributed by atoms with van der Waals surface area (Å²) in [5, 5.41) is 4.10. The lowest BCUT2D eigenvalue weighted by Crippen LogP contribution is -2.41. The highest BCUT2D eigenvalue weighted by atomic mass is 16.5. The number of carbonyl (C=O) groups excluding carboxylic acids is 1. The van der Waals surface area contributed by atoms with Gasteiger partial charge in [-0.1, -0.05) is 29.4 Å². The lowest BCUT2D eigenvalue weighted by molar-refractivity contribution is -0.129. The molecule has 2 aromatic rings. The molecular formula is C23H31N3O2. The van der Waals surface area contributed by atoms with Crippen LogP contribution in [0.25, 0.3) is 0 Å². The maximum atomic E-state index is 12.4. The third-order valence-electron chi connectivity index (χ3n) is 6.91. The van der Waals surface area contributed by atoms with Gasteiger partial charge in [-0.2, -0.15) is 0 Å². The quantitative estimate of drug-likeness (QED) is 0.808. The van der Waals surface area contributed by atoms with Gasteiger partial charge < -0.3 is 9.42 Å². The molecule has 2 aliphatic rings. The van der Waals surface area contributed by atoms with Crippen molar-refractivity contribution in [3.63, 3.8) is 0 Å². The smallest absolute Gasteiger partial charge is 0.222 e. The Morgan fingerprint density at radius 1 is 1.25 bits per heavy atom. The predicted molar refractivity (Wildman–Crippen MR) is 109 cm³/mol. The molecule has 0 unspecified atom stereocenters. The van der Waals surface area contributed by atoms with Crippen LogP contribution in [0.1, 0.15) is 59.7 Å². The summed E-state index contributed by atoms with van der Waals surface area (Å²) in [6.07, 6.45) is 4.03. The lowest BCUT2D eigenvalue weighted by Gasteiger charge is -2.40. The topological polar surface area (TPSA) is 49.6 Å². The van der Waals surface area contributed by atoms with Crippen LogP contribution in [0, 0.1) is 13.8 Å². The monoisotopic (exact) mass is 381 g/mol. The molecule has 1 aliphatic heterocycles. The number of hydrogen-bond donors (Lipinski definition) is 0. The van der Waals surface area contributed by atoms with Crippen molar-refractivity contribution >= 4 is 5.91 Å². The van der Waals surface area contributed by atoms with Crippen molar-refractivity contribution in [3.8, 4) is 0 Å². The Hall–Kier alpha value is -2.14. The second kappa shape index (κ2) is 7.36. The van der Waals surface area contributed by atoms with E-state index >= 15 is 0 Å². The van der Waals surface area contributed by atoms with E-state index in [0.29, 0.717) is 12.3 Å². The van der Waals surface area contributed by atoms with Gasteiger partial charge in [-0.25, -0.2) is 0 Å². The van der Waals surface area contributed by atoms with Crippen molar-refractivity contribution in [1.29, 1.82) is 0 Å². The minimum atomic E-state index is 0.225. The maximum Gasteiger partial charge on any atom is 0.222 e. The molecular weight excluding hydrogens is 350 g/mol. The summed E-state index contributed by atoms with van der Waals surface area (Å²) in [6, 6.07) is 8.83. The second-order valence-corrected chi connectivity index (χ2v) is 8.84.